The maximum Gasteiger partial charge on any atom is 0.124 e. The molecule has 0 aromatic heterocycles. The SMILES string of the molecule is CCOCc1cc(CN2[C@@H]3CC[C@@H]2CC(O)(c2cccc(F)c2)C3)ccc1OC. The molecule has 0 spiro atoms. The minimum atomic E-state index is -0.940. The first-order chi connectivity index (χ1) is 14.0. The Labute approximate surface area is 172 Å². The fourth-order valence-corrected chi connectivity index (χ4v) is 5.05. The molecule has 2 bridgehead atoms. The third-order valence-electron chi connectivity index (χ3n) is 6.45. The van der Waals surface area contributed by atoms with Crippen molar-refractivity contribution in [2.24, 2.45) is 0 Å². The average molecular weight is 400 g/mol. The van der Waals surface area contributed by atoms with Crippen LogP contribution in [0.2, 0.25) is 0 Å². The molecule has 2 heterocycles. The maximum absolute atomic E-state index is 13.7. The van der Waals surface area contributed by atoms with Crippen molar-refractivity contribution in [3.05, 3.63) is 65.0 Å². The number of methoxy groups -OCH3 is 1. The second-order valence-corrected chi connectivity index (χ2v) is 8.29. The van der Waals surface area contributed by atoms with E-state index in [1.807, 2.05) is 19.1 Å². The molecule has 2 atom stereocenters. The Kier molecular flexibility index (Phi) is 5.91. The molecular weight excluding hydrogens is 369 g/mol. The van der Waals surface area contributed by atoms with Crippen LogP contribution in [0, 0.1) is 5.82 Å². The van der Waals surface area contributed by atoms with Gasteiger partial charge in [0.05, 0.1) is 19.3 Å². The molecule has 156 valence electrons. The smallest absolute Gasteiger partial charge is 0.124 e. The fourth-order valence-electron chi connectivity index (χ4n) is 5.05. The van der Waals surface area contributed by atoms with Crippen molar-refractivity contribution >= 4 is 0 Å². The monoisotopic (exact) mass is 399 g/mol. The van der Waals surface area contributed by atoms with Crippen LogP contribution in [-0.4, -0.2) is 35.8 Å². The van der Waals surface area contributed by atoms with Crippen molar-refractivity contribution in [2.75, 3.05) is 13.7 Å². The van der Waals surface area contributed by atoms with Crippen LogP contribution in [0.15, 0.2) is 42.5 Å². The Balaban J connectivity index is 1.51. The van der Waals surface area contributed by atoms with E-state index in [2.05, 4.69) is 17.0 Å². The van der Waals surface area contributed by atoms with Gasteiger partial charge >= 0.3 is 0 Å². The molecule has 29 heavy (non-hydrogen) atoms. The van der Waals surface area contributed by atoms with Crippen LogP contribution in [-0.2, 0) is 23.5 Å². The van der Waals surface area contributed by atoms with E-state index in [-0.39, 0.29) is 5.82 Å². The molecule has 0 saturated carbocycles. The highest BCUT2D eigenvalue weighted by molar-refractivity contribution is 5.37. The topological polar surface area (TPSA) is 41.9 Å². The maximum atomic E-state index is 13.7. The third-order valence-corrected chi connectivity index (χ3v) is 6.45. The molecule has 2 fully saturated rings. The lowest BCUT2D eigenvalue weighted by atomic mass is 9.80. The molecule has 1 N–H and O–H groups in total. The fraction of sp³-hybridized carbons (Fsp3) is 0.500. The van der Waals surface area contributed by atoms with E-state index in [1.54, 1.807) is 13.2 Å². The lowest BCUT2D eigenvalue weighted by Crippen LogP contribution is -2.49. The Morgan fingerprint density at radius 2 is 1.90 bits per heavy atom. The van der Waals surface area contributed by atoms with Crippen molar-refractivity contribution in [2.45, 2.75) is 63.4 Å². The molecule has 0 radical (unpaired) electrons. The summed E-state index contributed by atoms with van der Waals surface area (Å²) in [6.45, 7) is 4.04. The van der Waals surface area contributed by atoms with Gasteiger partial charge in [-0.25, -0.2) is 4.39 Å². The summed E-state index contributed by atoms with van der Waals surface area (Å²) >= 11 is 0. The highest BCUT2D eigenvalue weighted by Crippen LogP contribution is 2.46. The summed E-state index contributed by atoms with van der Waals surface area (Å²) in [6, 6.07) is 13.4. The predicted octanol–water partition coefficient (Wildman–Crippen LogP) is 4.39. The molecule has 5 heteroatoms. The third kappa shape index (κ3) is 4.18. The largest absolute Gasteiger partial charge is 0.496 e. The van der Waals surface area contributed by atoms with Gasteiger partial charge in [-0.1, -0.05) is 18.2 Å². The first-order valence-corrected chi connectivity index (χ1v) is 10.5. The number of ether oxygens (including phenoxy) is 2. The van der Waals surface area contributed by atoms with Crippen LogP contribution in [0.3, 0.4) is 0 Å². The highest BCUT2D eigenvalue weighted by atomic mass is 19.1. The van der Waals surface area contributed by atoms with Gasteiger partial charge in [0.1, 0.15) is 11.6 Å². The minimum Gasteiger partial charge on any atom is -0.496 e. The van der Waals surface area contributed by atoms with E-state index in [9.17, 15) is 9.50 Å². The van der Waals surface area contributed by atoms with Crippen molar-refractivity contribution < 1.29 is 19.0 Å². The Hall–Kier alpha value is -1.95. The lowest BCUT2D eigenvalue weighted by molar-refractivity contribution is -0.0596. The number of rotatable bonds is 7. The zero-order valence-corrected chi connectivity index (χ0v) is 17.2. The molecule has 0 aliphatic carbocycles. The van der Waals surface area contributed by atoms with Gasteiger partial charge in [-0.2, -0.15) is 0 Å². The molecule has 2 aliphatic rings. The second-order valence-electron chi connectivity index (χ2n) is 8.29. The van der Waals surface area contributed by atoms with Crippen LogP contribution in [0.4, 0.5) is 4.39 Å². The van der Waals surface area contributed by atoms with Crippen LogP contribution in [0.1, 0.15) is 49.3 Å². The van der Waals surface area contributed by atoms with Gasteiger partial charge < -0.3 is 14.6 Å². The number of hydrogen-bond donors (Lipinski definition) is 1. The number of benzene rings is 2. The van der Waals surface area contributed by atoms with E-state index in [0.717, 1.165) is 30.7 Å². The molecule has 2 aliphatic heterocycles. The number of nitrogens with zero attached hydrogens (tertiary/aromatic N) is 1. The number of fused-ring (bicyclic) bond motifs is 2. The van der Waals surface area contributed by atoms with Gasteiger partial charge in [-0.05, 0) is 68.0 Å². The predicted molar refractivity (Wildman–Crippen MR) is 110 cm³/mol. The number of hydrogen-bond acceptors (Lipinski definition) is 4. The molecule has 0 unspecified atom stereocenters. The van der Waals surface area contributed by atoms with Crippen LogP contribution < -0.4 is 4.74 Å². The molecule has 0 amide bonds. The van der Waals surface area contributed by atoms with Gasteiger partial charge in [-0.3, -0.25) is 4.90 Å². The van der Waals surface area contributed by atoms with E-state index in [1.165, 1.54) is 17.7 Å². The van der Waals surface area contributed by atoms with E-state index < -0.39 is 5.60 Å². The molecule has 2 aromatic carbocycles. The van der Waals surface area contributed by atoms with E-state index >= 15 is 0 Å². The van der Waals surface area contributed by atoms with E-state index in [4.69, 9.17) is 9.47 Å². The molecule has 2 aromatic rings. The van der Waals surface area contributed by atoms with Crippen molar-refractivity contribution in [1.82, 2.24) is 4.90 Å². The summed E-state index contributed by atoms with van der Waals surface area (Å²) in [4.78, 5) is 2.51. The highest BCUT2D eigenvalue weighted by Gasteiger charge is 2.48. The number of aliphatic hydroxyl groups is 1. The summed E-state index contributed by atoms with van der Waals surface area (Å²) in [6.07, 6.45) is 3.44. The first-order valence-electron chi connectivity index (χ1n) is 10.5. The summed E-state index contributed by atoms with van der Waals surface area (Å²) in [7, 11) is 1.68. The Morgan fingerprint density at radius 3 is 2.55 bits per heavy atom. The summed E-state index contributed by atoms with van der Waals surface area (Å²) in [5.74, 6) is 0.565. The lowest BCUT2D eigenvalue weighted by Gasteiger charge is -2.44. The van der Waals surface area contributed by atoms with Crippen molar-refractivity contribution in [1.29, 1.82) is 0 Å². The van der Waals surface area contributed by atoms with Gasteiger partial charge in [0, 0.05) is 30.8 Å². The van der Waals surface area contributed by atoms with Gasteiger partial charge in [0.2, 0.25) is 0 Å². The molecule has 4 nitrogen and oxygen atoms in total. The summed E-state index contributed by atoms with van der Waals surface area (Å²) < 4.78 is 24.8. The number of piperidine rings is 1. The van der Waals surface area contributed by atoms with Crippen molar-refractivity contribution in [3.63, 3.8) is 0 Å². The van der Waals surface area contributed by atoms with Gasteiger partial charge in [0.15, 0.2) is 0 Å². The quantitative estimate of drug-likeness (QED) is 0.750. The second kappa shape index (κ2) is 8.42. The zero-order chi connectivity index (χ0) is 20.4. The Morgan fingerprint density at radius 1 is 1.14 bits per heavy atom. The molecule has 4 rings (SSSR count). The molecule has 2 saturated heterocycles. The normalized spacial score (nSPS) is 26.6. The molecular formula is C24H30FNO3. The standard InChI is InChI=1S/C24H30FNO3/c1-3-29-16-18-11-17(7-10-23(18)28-2)15-26-21-8-9-22(26)14-24(27,13-21)19-5-4-6-20(25)12-19/h4-7,10-12,21-22,27H,3,8-9,13-16H2,1-2H3/t21-,22-/m1/s1. The summed E-state index contributed by atoms with van der Waals surface area (Å²) in [5, 5.41) is 11.3. The van der Waals surface area contributed by atoms with Crippen molar-refractivity contribution in [3.8, 4) is 5.75 Å². The van der Waals surface area contributed by atoms with Gasteiger partial charge in [0.25, 0.3) is 0 Å². The van der Waals surface area contributed by atoms with E-state index in [0.29, 0.717) is 43.7 Å². The minimum absolute atomic E-state index is 0.286. The Bertz CT molecular complexity index is 842. The average Bonchev–Trinajstić information content (AvgIpc) is 2.96. The summed E-state index contributed by atoms with van der Waals surface area (Å²) in [5.41, 5.74) is 2.06. The first kappa shape index (κ1) is 20.3. The van der Waals surface area contributed by atoms with Crippen LogP contribution in [0.25, 0.3) is 0 Å². The van der Waals surface area contributed by atoms with Crippen LogP contribution >= 0.6 is 0 Å². The number of halogens is 1. The van der Waals surface area contributed by atoms with Gasteiger partial charge in [-0.15, -0.1) is 0 Å². The van der Waals surface area contributed by atoms with Crippen LogP contribution in [0.5, 0.6) is 5.75 Å². The zero-order valence-electron chi connectivity index (χ0n) is 17.2.